The van der Waals surface area contributed by atoms with Crippen LogP contribution in [0.3, 0.4) is 0 Å². The maximum atomic E-state index is 4.85. The maximum absolute atomic E-state index is 4.85. The summed E-state index contributed by atoms with van der Waals surface area (Å²) >= 11 is 0. The molecule has 0 saturated carbocycles. The van der Waals surface area contributed by atoms with Crippen molar-refractivity contribution in [2.24, 2.45) is 7.05 Å². The fraction of sp³-hybridized carbons (Fsp3) is 0.400. The minimum absolute atomic E-state index is 0.734. The average Bonchev–Trinajstić information content (AvgIpc) is 2.63. The Balaban J connectivity index is 0.000000140. The van der Waals surface area contributed by atoms with E-state index in [1.807, 2.05) is 38.6 Å². The summed E-state index contributed by atoms with van der Waals surface area (Å²) < 4.78 is 6.78. The molecule has 4 nitrogen and oxygen atoms in total. The molecule has 0 spiro atoms. The minimum Gasteiger partial charge on any atom is -0.449 e. The fourth-order valence-corrected chi connectivity index (χ4v) is 1.02. The number of rotatable bonds is 0. The first-order valence-corrected chi connectivity index (χ1v) is 4.41. The van der Waals surface area contributed by atoms with Crippen LogP contribution < -0.4 is 0 Å². The third kappa shape index (κ3) is 3.43. The quantitative estimate of drug-likeness (QED) is 0.643. The van der Waals surface area contributed by atoms with Gasteiger partial charge in [0.25, 0.3) is 0 Å². The third-order valence-corrected chi connectivity index (χ3v) is 1.57. The molecule has 0 amide bonds. The molecule has 2 aromatic rings. The van der Waals surface area contributed by atoms with Gasteiger partial charge in [0, 0.05) is 20.2 Å². The highest BCUT2D eigenvalue weighted by atomic mass is 16.3. The highest BCUT2D eigenvalue weighted by Gasteiger charge is 1.87. The van der Waals surface area contributed by atoms with E-state index in [1.54, 1.807) is 12.6 Å². The first kappa shape index (κ1) is 10.5. The lowest BCUT2D eigenvalue weighted by Gasteiger charge is -1.78. The van der Waals surface area contributed by atoms with Gasteiger partial charge in [0.15, 0.2) is 5.89 Å². The van der Waals surface area contributed by atoms with E-state index in [0.29, 0.717) is 0 Å². The van der Waals surface area contributed by atoms with E-state index in [9.17, 15) is 0 Å². The van der Waals surface area contributed by atoms with Crippen LogP contribution in [0.25, 0.3) is 0 Å². The molecule has 0 unspecified atom stereocenters. The number of aryl methyl sites for hydroxylation is 4. The summed E-state index contributed by atoms with van der Waals surface area (Å²) in [4.78, 5) is 7.92. The van der Waals surface area contributed by atoms with Crippen molar-refractivity contribution in [3.63, 3.8) is 0 Å². The number of oxazole rings is 1. The second-order valence-electron chi connectivity index (χ2n) is 3.19. The molecule has 0 radical (unpaired) electrons. The van der Waals surface area contributed by atoms with Gasteiger partial charge in [0.2, 0.25) is 0 Å². The Morgan fingerprint density at radius 1 is 1.21 bits per heavy atom. The summed E-state index contributed by atoms with van der Waals surface area (Å²) in [6, 6.07) is 0. The minimum atomic E-state index is 0.734. The molecule has 0 aromatic carbocycles. The summed E-state index contributed by atoms with van der Waals surface area (Å²) in [6.45, 7) is 5.70. The zero-order valence-electron chi connectivity index (χ0n) is 8.98. The van der Waals surface area contributed by atoms with Crippen molar-refractivity contribution in [1.82, 2.24) is 14.5 Å². The molecule has 2 heterocycles. The van der Waals surface area contributed by atoms with Crippen LogP contribution in [0.1, 0.15) is 17.3 Å². The van der Waals surface area contributed by atoms with Gasteiger partial charge in [-0.05, 0) is 13.8 Å². The van der Waals surface area contributed by atoms with Gasteiger partial charge in [0.1, 0.15) is 6.26 Å². The molecule has 2 aromatic heterocycles. The molecule has 0 atom stereocenters. The second-order valence-corrected chi connectivity index (χ2v) is 3.19. The first-order valence-electron chi connectivity index (χ1n) is 4.41. The van der Waals surface area contributed by atoms with Gasteiger partial charge in [-0.15, -0.1) is 0 Å². The SMILES string of the molecule is Cc1cn(C)cn1.Cc1coc(C)n1. The van der Waals surface area contributed by atoms with E-state index < -0.39 is 0 Å². The van der Waals surface area contributed by atoms with E-state index >= 15 is 0 Å². The van der Waals surface area contributed by atoms with Gasteiger partial charge in [-0.1, -0.05) is 0 Å². The molecule has 0 fully saturated rings. The molecule has 76 valence electrons. The van der Waals surface area contributed by atoms with Crippen LogP contribution in [0.2, 0.25) is 0 Å². The van der Waals surface area contributed by atoms with Gasteiger partial charge in [-0.3, -0.25) is 0 Å². The standard InChI is InChI=1S/C5H8N2.C5H7NO/c1-5-3-7(2)4-6-5;1-4-3-7-5(2)6-4/h3-4H,1-2H3;3H,1-2H3. The Morgan fingerprint density at radius 2 is 1.93 bits per heavy atom. The van der Waals surface area contributed by atoms with Crippen molar-refractivity contribution in [2.75, 3.05) is 0 Å². The number of nitrogens with zero attached hydrogens (tertiary/aromatic N) is 3. The summed E-state index contributed by atoms with van der Waals surface area (Å²) in [5.41, 5.74) is 2.01. The van der Waals surface area contributed by atoms with E-state index in [2.05, 4.69) is 9.97 Å². The van der Waals surface area contributed by atoms with E-state index in [0.717, 1.165) is 17.3 Å². The number of hydrogen-bond donors (Lipinski definition) is 0. The van der Waals surface area contributed by atoms with Crippen LogP contribution in [-0.2, 0) is 7.05 Å². The number of aromatic nitrogens is 3. The summed E-state index contributed by atoms with van der Waals surface area (Å²) in [7, 11) is 1.96. The molecular formula is C10H15N3O. The molecule has 2 rings (SSSR count). The van der Waals surface area contributed by atoms with Crippen LogP contribution in [-0.4, -0.2) is 14.5 Å². The Bertz CT molecular complexity index is 318. The molecule has 0 aliphatic heterocycles. The van der Waals surface area contributed by atoms with Gasteiger partial charge in [0.05, 0.1) is 17.7 Å². The van der Waals surface area contributed by atoms with Crippen molar-refractivity contribution >= 4 is 0 Å². The van der Waals surface area contributed by atoms with E-state index in [-0.39, 0.29) is 0 Å². The summed E-state index contributed by atoms with van der Waals surface area (Å²) in [5, 5.41) is 0. The highest BCUT2D eigenvalue weighted by molar-refractivity contribution is 4.90. The maximum Gasteiger partial charge on any atom is 0.191 e. The molecule has 0 bridgehead atoms. The zero-order chi connectivity index (χ0) is 10.6. The van der Waals surface area contributed by atoms with Crippen molar-refractivity contribution in [1.29, 1.82) is 0 Å². The fourth-order valence-electron chi connectivity index (χ4n) is 1.02. The van der Waals surface area contributed by atoms with Crippen LogP contribution in [0, 0.1) is 20.8 Å². The molecule has 4 heteroatoms. The smallest absolute Gasteiger partial charge is 0.191 e. The van der Waals surface area contributed by atoms with E-state index in [1.165, 1.54) is 0 Å². The summed E-state index contributed by atoms with van der Waals surface area (Å²) in [6.07, 6.45) is 5.39. The molecular weight excluding hydrogens is 178 g/mol. The van der Waals surface area contributed by atoms with Gasteiger partial charge in [-0.25, -0.2) is 9.97 Å². The molecule has 0 aliphatic carbocycles. The first-order chi connectivity index (χ1) is 6.58. The van der Waals surface area contributed by atoms with Crippen molar-refractivity contribution in [3.05, 3.63) is 36.1 Å². The van der Waals surface area contributed by atoms with Crippen LogP contribution in [0.15, 0.2) is 23.2 Å². The lowest BCUT2D eigenvalue weighted by atomic mass is 10.6. The van der Waals surface area contributed by atoms with Crippen molar-refractivity contribution in [2.45, 2.75) is 20.8 Å². The van der Waals surface area contributed by atoms with Gasteiger partial charge in [-0.2, -0.15) is 0 Å². The normalized spacial score (nSPS) is 9.43. The van der Waals surface area contributed by atoms with Crippen LogP contribution in [0.5, 0.6) is 0 Å². The monoisotopic (exact) mass is 193 g/mol. The zero-order valence-corrected chi connectivity index (χ0v) is 8.98. The van der Waals surface area contributed by atoms with E-state index in [4.69, 9.17) is 4.42 Å². The topological polar surface area (TPSA) is 43.9 Å². The Labute approximate surface area is 83.6 Å². The van der Waals surface area contributed by atoms with Crippen molar-refractivity contribution in [3.8, 4) is 0 Å². The molecule has 0 N–H and O–H groups in total. The largest absolute Gasteiger partial charge is 0.449 e. The number of hydrogen-bond acceptors (Lipinski definition) is 3. The van der Waals surface area contributed by atoms with Gasteiger partial charge >= 0.3 is 0 Å². The highest BCUT2D eigenvalue weighted by Crippen LogP contribution is 1.95. The number of imidazole rings is 1. The van der Waals surface area contributed by atoms with Gasteiger partial charge < -0.3 is 8.98 Å². The molecule has 14 heavy (non-hydrogen) atoms. The van der Waals surface area contributed by atoms with Crippen molar-refractivity contribution < 1.29 is 4.42 Å². The third-order valence-electron chi connectivity index (χ3n) is 1.57. The average molecular weight is 193 g/mol. The predicted molar refractivity (Wildman–Crippen MR) is 53.9 cm³/mol. The summed E-state index contributed by atoms with van der Waals surface area (Å²) in [5.74, 6) is 0.734. The Morgan fingerprint density at radius 3 is 2.07 bits per heavy atom. The Hall–Kier alpha value is -1.58. The lowest BCUT2D eigenvalue weighted by Crippen LogP contribution is -1.76. The second kappa shape index (κ2) is 4.60. The Kier molecular flexibility index (Phi) is 3.45. The van der Waals surface area contributed by atoms with Crippen LogP contribution >= 0.6 is 0 Å². The molecule has 0 aliphatic rings. The lowest BCUT2D eigenvalue weighted by molar-refractivity contribution is 0.521. The predicted octanol–water partition coefficient (Wildman–Crippen LogP) is 2.02. The molecule has 0 saturated heterocycles. The van der Waals surface area contributed by atoms with Crippen LogP contribution in [0.4, 0.5) is 0 Å².